The number of benzene rings is 2. The average molecular weight is 475 g/mol. The maximum absolute atomic E-state index is 11.6. The molecule has 0 atom stereocenters. The Morgan fingerprint density at radius 1 is 1.12 bits per heavy atom. The van der Waals surface area contributed by atoms with Crippen LogP contribution < -0.4 is 15.8 Å². The van der Waals surface area contributed by atoms with Gasteiger partial charge in [0, 0.05) is 31.1 Å². The molecule has 3 N–H and O–H groups in total. The number of anilines is 1. The molecule has 0 radical (unpaired) electrons. The Labute approximate surface area is 199 Å². The number of nitrogens with two attached hydrogens (primary N) is 1. The van der Waals surface area contributed by atoms with E-state index < -0.39 is 9.84 Å². The van der Waals surface area contributed by atoms with Crippen LogP contribution >= 0.6 is 0 Å². The van der Waals surface area contributed by atoms with Crippen LogP contribution in [-0.2, 0) is 16.4 Å². The molecule has 0 unspecified atom stereocenters. The Balaban J connectivity index is 2.07. The minimum atomic E-state index is -3.20. The molecule has 0 aliphatic heterocycles. The lowest BCUT2D eigenvalue weighted by atomic mass is 9.94. The van der Waals surface area contributed by atoms with Gasteiger partial charge in [0.05, 0.1) is 4.90 Å². The number of hydrogen-bond donors (Lipinski definition) is 2. The summed E-state index contributed by atoms with van der Waals surface area (Å²) in [5.41, 5.74) is 7.63. The molecule has 0 saturated heterocycles. The fraction of sp³-hybridized carbons (Fsp3) is 0.480. The standard InChI is InChI=1S/C25H38N4O3S/c1-7-29(19(2)3)24(27-18-25(4,5)17-26)28-21-10-12-22(13-11-21)32-16-20-8-14-23(15-9-20)33(6,30)31/h8-15,19H,7,16-18,26H2,1-6H3,(H,27,28). The highest BCUT2D eigenvalue weighted by molar-refractivity contribution is 7.90. The number of sulfone groups is 1. The van der Waals surface area contributed by atoms with Gasteiger partial charge in [-0.15, -0.1) is 0 Å². The minimum absolute atomic E-state index is 0.0689. The zero-order valence-electron chi connectivity index (χ0n) is 20.6. The first kappa shape index (κ1) is 26.7. The Kier molecular flexibility index (Phi) is 9.31. The molecular formula is C25H38N4O3S. The number of hydrogen-bond acceptors (Lipinski definition) is 5. The van der Waals surface area contributed by atoms with E-state index in [0.717, 1.165) is 29.5 Å². The van der Waals surface area contributed by atoms with E-state index in [4.69, 9.17) is 15.5 Å². The summed E-state index contributed by atoms with van der Waals surface area (Å²) in [4.78, 5) is 7.38. The van der Waals surface area contributed by atoms with Crippen LogP contribution in [0.5, 0.6) is 5.75 Å². The van der Waals surface area contributed by atoms with E-state index in [9.17, 15) is 8.42 Å². The van der Waals surface area contributed by atoms with Gasteiger partial charge >= 0.3 is 0 Å². The largest absolute Gasteiger partial charge is 0.489 e. The van der Waals surface area contributed by atoms with Gasteiger partial charge in [-0.3, -0.25) is 4.99 Å². The highest BCUT2D eigenvalue weighted by Gasteiger charge is 2.18. The molecule has 182 valence electrons. The normalized spacial score (nSPS) is 12.7. The number of nitrogens with zero attached hydrogens (tertiary/aromatic N) is 2. The third-order valence-corrected chi connectivity index (χ3v) is 6.44. The van der Waals surface area contributed by atoms with Crippen molar-refractivity contribution in [1.82, 2.24) is 4.90 Å². The minimum Gasteiger partial charge on any atom is -0.489 e. The predicted octanol–water partition coefficient (Wildman–Crippen LogP) is 4.15. The fourth-order valence-electron chi connectivity index (χ4n) is 3.08. The molecule has 0 aliphatic rings. The molecule has 2 aromatic carbocycles. The van der Waals surface area contributed by atoms with Crippen LogP contribution in [0.4, 0.5) is 5.69 Å². The smallest absolute Gasteiger partial charge is 0.198 e. The van der Waals surface area contributed by atoms with Gasteiger partial charge in [-0.2, -0.15) is 0 Å². The second kappa shape index (κ2) is 11.5. The monoisotopic (exact) mass is 474 g/mol. The summed E-state index contributed by atoms with van der Waals surface area (Å²) < 4.78 is 29.0. The van der Waals surface area contributed by atoms with Crippen molar-refractivity contribution in [3.8, 4) is 5.75 Å². The van der Waals surface area contributed by atoms with E-state index in [2.05, 4.69) is 44.8 Å². The maximum Gasteiger partial charge on any atom is 0.198 e. The predicted molar refractivity (Wildman–Crippen MR) is 137 cm³/mol. The second-order valence-electron chi connectivity index (χ2n) is 9.24. The van der Waals surface area contributed by atoms with Crippen LogP contribution in [0.1, 0.15) is 40.2 Å². The third kappa shape index (κ3) is 8.37. The van der Waals surface area contributed by atoms with Gasteiger partial charge in [0.2, 0.25) is 0 Å². The Morgan fingerprint density at radius 3 is 2.21 bits per heavy atom. The average Bonchev–Trinajstić information content (AvgIpc) is 2.77. The zero-order valence-corrected chi connectivity index (χ0v) is 21.4. The molecule has 33 heavy (non-hydrogen) atoms. The fourth-order valence-corrected chi connectivity index (χ4v) is 3.71. The van der Waals surface area contributed by atoms with Crippen molar-refractivity contribution in [3.63, 3.8) is 0 Å². The van der Waals surface area contributed by atoms with Crippen molar-refractivity contribution in [2.45, 2.75) is 52.2 Å². The lowest BCUT2D eigenvalue weighted by molar-refractivity contribution is 0.306. The van der Waals surface area contributed by atoms with E-state index in [1.807, 2.05) is 24.3 Å². The van der Waals surface area contributed by atoms with Crippen LogP contribution in [0, 0.1) is 5.41 Å². The van der Waals surface area contributed by atoms with Gasteiger partial charge in [-0.05, 0) is 74.7 Å². The molecule has 0 aliphatic carbocycles. The molecule has 0 heterocycles. The van der Waals surface area contributed by atoms with Gasteiger partial charge in [-0.1, -0.05) is 26.0 Å². The lowest BCUT2D eigenvalue weighted by Gasteiger charge is -2.30. The number of nitrogens with one attached hydrogen (secondary N) is 1. The third-order valence-electron chi connectivity index (χ3n) is 5.31. The molecule has 8 heteroatoms. The SMILES string of the molecule is CCN(C(=NCC(C)(C)CN)Nc1ccc(OCc2ccc(S(C)(=O)=O)cc2)cc1)C(C)C. The van der Waals surface area contributed by atoms with Crippen molar-refractivity contribution in [3.05, 3.63) is 54.1 Å². The van der Waals surface area contributed by atoms with E-state index in [1.165, 1.54) is 6.26 Å². The first-order valence-electron chi connectivity index (χ1n) is 11.2. The molecule has 0 fully saturated rings. The topological polar surface area (TPSA) is 97.0 Å². The summed E-state index contributed by atoms with van der Waals surface area (Å²) in [7, 11) is -3.20. The summed E-state index contributed by atoms with van der Waals surface area (Å²) >= 11 is 0. The van der Waals surface area contributed by atoms with Crippen molar-refractivity contribution < 1.29 is 13.2 Å². The van der Waals surface area contributed by atoms with Crippen LogP contribution in [-0.4, -0.2) is 51.2 Å². The van der Waals surface area contributed by atoms with Crippen LogP contribution in [0.3, 0.4) is 0 Å². The van der Waals surface area contributed by atoms with Gasteiger partial charge in [-0.25, -0.2) is 8.42 Å². The molecule has 0 aromatic heterocycles. The van der Waals surface area contributed by atoms with E-state index in [0.29, 0.717) is 30.6 Å². The Morgan fingerprint density at radius 2 is 1.73 bits per heavy atom. The van der Waals surface area contributed by atoms with Gasteiger partial charge in [0.25, 0.3) is 0 Å². The van der Waals surface area contributed by atoms with Crippen molar-refractivity contribution in [1.29, 1.82) is 0 Å². The van der Waals surface area contributed by atoms with E-state index in [1.54, 1.807) is 24.3 Å². The van der Waals surface area contributed by atoms with Crippen molar-refractivity contribution >= 4 is 21.5 Å². The maximum atomic E-state index is 11.6. The second-order valence-corrected chi connectivity index (χ2v) is 11.3. The van der Waals surface area contributed by atoms with Crippen molar-refractivity contribution in [2.75, 3.05) is 31.2 Å². The Bertz CT molecular complexity index is 1010. The molecular weight excluding hydrogens is 436 g/mol. The summed E-state index contributed by atoms with van der Waals surface area (Å²) in [6.45, 7) is 13.0. The van der Waals surface area contributed by atoms with Crippen molar-refractivity contribution in [2.24, 2.45) is 16.1 Å². The quantitative estimate of drug-likeness (QED) is 0.397. The van der Waals surface area contributed by atoms with E-state index in [-0.39, 0.29) is 5.41 Å². The number of ether oxygens (including phenoxy) is 1. The summed E-state index contributed by atoms with van der Waals surface area (Å²) in [5.74, 6) is 1.56. The lowest BCUT2D eigenvalue weighted by Crippen LogP contribution is -2.42. The molecule has 0 bridgehead atoms. The molecule has 0 spiro atoms. The highest BCUT2D eigenvalue weighted by atomic mass is 32.2. The summed E-state index contributed by atoms with van der Waals surface area (Å²) in [5, 5.41) is 3.45. The first-order chi connectivity index (χ1) is 15.4. The molecule has 7 nitrogen and oxygen atoms in total. The van der Waals surface area contributed by atoms with Gasteiger partial charge in [0.1, 0.15) is 12.4 Å². The van der Waals surface area contributed by atoms with Crippen LogP contribution in [0.25, 0.3) is 0 Å². The number of aliphatic imine (C=N–C) groups is 1. The first-order valence-corrected chi connectivity index (χ1v) is 13.1. The molecule has 0 amide bonds. The highest BCUT2D eigenvalue weighted by Crippen LogP contribution is 2.19. The number of guanidine groups is 1. The molecule has 0 saturated carbocycles. The van der Waals surface area contributed by atoms with Gasteiger partial charge in [0.15, 0.2) is 15.8 Å². The van der Waals surface area contributed by atoms with Crippen LogP contribution in [0.2, 0.25) is 0 Å². The van der Waals surface area contributed by atoms with E-state index >= 15 is 0 Å². The van der Waals surface area contributed by atoms with Crippen LogP contribution in [0.15, 0.2) is 58.4 Å². The molecule has 2 aromatic rings. The van der Waals surface area contributed by atoms with Gasteiger partial charge < -0.3 is 20.7 Å². The Hall–Kier alpha value is -2.58. The summed E-state index contributed by atoms with van der Waals surface area (Å²) in [6.07, 6.45) is 1.20. The number of rotatable bonds is 10. The summed E-state index contributed by atoms with van der Waals surface area (Å²) in [6, 6.07) is 14.8. The zero-order chi connectivity index (χ0) is 24.6. The molecule has 2 rings (SSSR count).